The molecule has 1 atom stereocenters. The summed E-state index contributed by atoms with van der Waals surface area (Å²) in [5.41, 5.74) is -1.51. The molecule has 26 heavy (non-hydrogen) atoms. The van der Waals surface area contributed by atoms with Crippen LogP contribution in [0.1, 0.15) is 18.8 Å². The van der Waals surface area contributed by atoms with E-state index in [2.05, 4.69) is 10.3 Å². The number of rotatable bonds is 3. The number of nitrogens with zero attached hydrogens (tertiary/aromatic N) is 2. The zero-order valence-corrected chi connectivity index (χ0v) is 13.3. The van der Waals surface area contributed by atoms with E-state index in [-0.39, 0.29) is 11.5 Å². The molecule has 2 aromatic carbocycles. The smallest absolute Gasteiger partial charge is 0.405 e. The van der Waals surface area contributed by atoms with Crippen LogP contribution in [0, 0.1) is 17.5 Å². The van der Waals surface area contributed by atoms with Gasteiger partial charge in [-0.3, -0.25) is 9.36 Å². The second-order valence-electron chi connectivity index (χ2n) is 5.51. The second kappa shape index (κ2) is 6.51. The molecule has 1 amide bonds. The van der Waals surface area contributed by atoms with E-state index in [0.29, 0.717) is 0 Å². The predicted molar refractivity (Wildman–Crippen MR) is 86.8 cm³/mol. The average Bonchev–Trinajstić information content (AvgIpc) is 2.57. The van der Waals surface area contributed by atoms with Gasteiger partial charge in [0.15, 0.2) is 0 Å². The van der Waals surface area contributed by atoms with Crippen LogP contribution in [0.2, 0.25) is 0 Å². The molecule has 9 heteroatoms. The highest BCUT2D eigenvalue weighted by atomic mass is 19.1. The molecule has 0 radical (unpaired) electrons. The van der Waals surface area contributed by atoms with Gasteiger partial charge in [0.05, 0.1) is 11.7 Å². The fourth-order valence-corrected chi connectivity index (χ4v) is 2.64. The zero-order chi connectivity index (χ0) is 19.0. The van der Waals surface area contributed by atoms with Crippen molar-refractivity contribution in [3.05, 3.63) is 70.0 Å². The Morgan fingerprint density at radius 1 is 1.19 bits per heavy atom. The normalized spacial score (nSPS) is 12.2. The Bertz CT molecular complexity index is 1080. The van der Waals surface area contributed by atoms with E-state index in [1.54, 1.807) is 0 Å². The number of halogens is 3. The standard InChI is InChI=1S/C17H12F3N3O3/c1-8(21-17(25)26)15-22-14-12(20)6-5-11(19)13(14)16(24)23(15)10-4-2-3-9(18)7-10/h2-8,21H,1H3,(H,25,26). The van der Waals surface area contributed by atoms with Crippen LogP contribution in [0.4, 0.5) is 18.0 Å². The molecule has 0 fully saturated rings. The lowest BCUT2D eigenvalue weighted by Crippen LogP contribution is -2.33. The van der Waals surface area contributed by atoms with E-state index in [1.807, 2.05) is 0 Å². The molecule has 0 bridgehead atoms. The molecule has 1 unspecified atom stereocenters. The first-order valence-corrected chi connectivity index (χ1v) is 7.45. The molecule has 1 aromatic heterocycles. The lowest BCUT2D eigenvalue weighted by Gasteiger charge is -2.18. The van der Waals surface area contributed by atoms with Gasteiger partial charge in [-0.25, -0.2) is 22.9 Å². The summed E-state index contributed by atoms with van der Waals surface area (Å²) < 4.78 is 42.7. The first-order chi connectivity index (χ1) is 12.3. The fraction of sp³-hybridized carbons (Fsp3) is 0.118. The van der Waals surface area contributed by atoms with Crippen molar-refractivity contribution < 1.29 is 23.1 Å². The van der Waals surface area contributed by atoms with Gasteiger partial charge < -0.3 is 10.4 Å². The minimum Gasteiger partial charge on any atom is -0.465 e. The van der Waals surface area contributed by atoms with E-state index < -0.39 is 46.0 Å². The van der Waals surface area contributed by atoms with Crippen molar-refractivity contribution in [2.45, 2.75) is 13.0 Å². The number of hydrogen-bond donors (Lipinski definition) is 2. The van der Waals surface area contributed by atoms with Crippen LogP contribution in [0.15, 0.2) is 41.2 Å². The minimum absolute atomic E-state index is 0.00194. The first-order valence-electron chi connectivity index (χ1n) is 7.45. The van der Waals surface area contributed by atoms with E-state index in [1.165, 1.54) is 19.1 Å². The number of carboxylic acid groups (broad SMARTS) is 1. The van der Waals surface area contributed by atoms with Crippen LogP contribution in [0.25, 0.3) is 16.6 Å². The number of fused-ring (bicyclic) bond motifs is 1. The van der Waals surface area contributed by atoms with Gasteiger partial charge in [-0.1, -0.05) is 6.07 Å². The lowest BCUT2D eigenvalue weighted by molar-refractivity contribution is 0.190. The Morgan fingerprint density at radius 2 is 1.88 bits per heavy atom. The third kappa shape index (κ3) is 2.99. The summed E-state index contributed by atoms with van der Waals surface area (Å²) in [6.07, 6.45) is -1.41. The molecule has 6 nitrogen and oxygen atoms in total. The maximum atomic E-state index is 14.1. The maximum Gasteiger partial charge on any atom is 0.405 e. The van der Waals surface area contributed by atoms with Gasteiger partial charge in [-0.05, 0) is 37.3 Å². The first kappa shape index (κ1) is 17.5. The molecule has 1 heterocycles. The molecular weight excluding hydrogens is 351 g/mol. The molecule has 0 spiro atoms. The van der Waals surface area contributed by atoms with Gasteiger partial charge in [0.25, 0.3) is 5.56 Å². The maximum absolute atomic E-state index is 14.1. The summed E-state index contributed by atoms with van der Waals surface area (Å²) in [6.45, 7) is 1.37. The van der Waals surface area contributed by atoms with Crippen LogP contribution in [-0.4, -0.2) is 20.8 Å². The van der Waals surface area contributed by atoms with E-state index in [9.17, 15) is 22.8 Å². The Kier molecular flexibility index (Phi) is 4.37. The van der Waals surface area contributed by atoms with Gasteiger partial charge in [0.2, 0.25) is 0 Å². The highest BCUT2D eigenvalue weighted by Gasteiger charge is 2.22. The summed E-state index contributed by atoms with van der Waals surface area (Å²) in [7, 11) is 0. The van der Waals surface area contributed by atoms with Crippen LogP contribution < -0.4 is 10.9 Å². The molecule has 3 aromatic rings. The number of hydrogen-bond acceptors (Lipinski definition) is 3. The Balaban J connectivity index is 2.43. The van der Waals surface area contributed by atoms with Crippen molar-refractivity contribution in [3.63, 3.8) is 0 Å². The Labute approximate surface area is 144 Å². The Morgan fingerprint density at radius 3 is 2.54 bits per heavy atom. The molecule has 0 saturated heterocycles. The van der Waals surface area contributed by atoms with Crippen molar-refractivity contribution in [2.24, 2.45) is 0 Å². The van der Waals surface area contributed by atoms with Crippen LogP contribution >= 0.6 is 0 Å². The zero-order valence-electron chi connectivity index (χ0n) is 13.3. The highest BCUT2D eigenvalue weighted by Crippen LogP contribution is 2.22. The topological polar surface area (TPSA) is 84.2 Å². The molecule has 2 N–H and O–H groups in total. The van der Waals surface area contributed by atoms with Gasteiger partial charge in [0, 0.05) is 0 Å². The van der Waals surface area contributed by atoms with Crippen molar-refractivity contribution >= 4 is 17.0 Å². The summed E-state index contributed by atoms with van der Waals surface area (Å²) in [6, 6.07) is 5.38. The number of amides is 1. The second-order valence-corrected chi connectivity index (χ2v) is 5.51. The van der Waals surface area contributed by atoms with Crippen molar-refractivity contribution in [1.29, 1.82) is 0 Å². The van der Waals surface area contributed by atoms with E-state index in [0.717, 1.165) is 28.8 Å². The van der Waals surface area contributed by atoms with E-state index in [4.69, 9.17) is 5.11 Å². The molecule has 0 saturated carbocycles. The van der Waals surface area contributed by atoms with Gasteiger partial charge in [-0.2, -0.15) is 0 Å². The molecule has 0 aliphatic heterocycles. The van der Waals surface area contributed by atoms with Crippen molar-refractivity contribution in [1.82, 2.24) is 14.9 Å². The lowest BCUT2D eigenvalue weighted by atomic mass is 10.2. The number of carbonyl (C=O) groups is 1. The van der Waals surface area contributed by atoms with Crippen LogP contribution in [0.5, 0.6) is 0 Å². The largest absolute Gasteiger partial charge is 0.465 e. The highest BCUT2D eigenvalue weighted by molar-refractivity contribution is 5.79. The summed E-state index contributed by atoms with van der Waals surface area (Å²) >= 11 is 0. The van der Waals surface area contributed by atoms with Crippen molar-refractivity contribution in [3.8, 4) is 5.69 Å². The average molecular weight is 363 g/mol. The fourth-order valence-electron chi connectivity index (χ4n) is 2.64. The Hall–Kier alpha value is -3.36. The summed E-state index contributed by atoms with van der Waals surface area (Å²) in [4.78, 5) is 27.7. The predicted octanol–water partition coefficient (Wildman–Crippen LogP) is 3.13. The van der Waals surface area contributed by atoms with Gasteiger partial charge in [0.1, 0.15) is 34.2 Å². The molecule has 0 aliphatic carbocycles. The monoisotopic (exact) mass is 363 g/mol. The molecule has 3 rings (SSSR count). The minimum atomic E-state index is -1.41. The SMILES string of the molecule is CC(NC(=O)O)c1nc2c(F)ccc(F)c2c(=O)n1-c1cccc(F)c1. The number of benzene rings is 2. The van der Waals surface area contributed by atoms with Crippen LogP contribution in [-0.2, 0) is 0 Å². The molecule has 134 valence electrons. The number of aromatic nitrogens is 2. The summed E-state index contributed by atoms with van der Waals surface area (Å²) in [5, 5.41) is 10.4. The van der Waals surface area contributed by atoms with E-state index >= 15 is 0 Å². The summed E-state index contributed by atoms with van der Waals surface area (Å²) in [5.74, 6) is -2.80. The van der Waals surface area contributed by atoms with Crippen LogP contribution in [0.3, 0.4) is 0 Å². The third-order valence-electron chi connectivity index (χ3n) is 3.74. The van der Waals surface area contributed by atoms with Gasteiger partial charge >= 0.3 is 6.09 Å². The molecular formula is C17H12F3N3O3. The third-order valence-corrected chi connectivity index (χ3v) is 3.74. The molecule has 0 aliphatic rings. The van der Waals surface area contributed by atoms with Crippen molar-refractivity contribution in [2.75, 3.05) is 0 Å². The quantitative estimate of drug-likeness (QED) is 0.749. The number of nitrogens with one attached hydrogen (secondary N) is 1. The van der Waals surface area contributed by atoms with Gasteiger partial charge in [-0.15, -0.1) is 0 Å².